The number of hydrogen-bond donors (Lipinski definition) is 1. The van der Waals surface area contributed by atoms with Crippen molar-refractivity contribution in [2.75, 3.05) is 6.54 Å². The molecule has 0 bridgehead atoms. The monoisotopic (exact) mass is 265 g/mol. The molecule has 1 aromatic rings. The van der Waals surface area contributed by atoms with Crippen LogP contribution in [0, 0.1) is 11.8 Å². The van der Waals surface area contributed by atoms with Crippen LogP contribution < -0.4 is 5.32 Å². The van der Waals surface area contributed by atoms with E-state index in [0.717, 1.165) is 24.7 Å². The Morgan fingerprint density at radius 1 is 1.32 bits per heavy atom. The predicted molar refractivity (Wildman–Crippen MR) is 75.7 cm³/mol. The summed E-state index contributed by atoms with van der Waals surface area (Å²) in [5, 5.41) is 16.1. The van der Waals surface area contributed by atoms with Crippen LogP contribution in [0.5, 0.6) is 0 Å². The lowest BCUT2D eigenvalue weighted by Crippen LogP contribution is -2.42. The highest BCUT2D eigenvalue weighted by Gasteiger charge is 2.30. The van der Waals surface area contributed by atoms with Crippen molar-refractivity contribution in [1.82, 2.24) is 25.5 Å². The van der Waals surface area contributed by atoms with Crippen LogP contribution in [0.3, 0.4) is 0 Å². The summed E-state index contributed by atoms with van der Waals surface area (Å²) in [6.07, 6.45) is 7.42. The number of hydrogen-bond acceptors (Lipinski definition) is 4. The second-order valence-corrected chi connectivity index (χ2v) is 5.81. The van der Waals surface area contributed by atoms with Crippen molar-refractivity contribution < 1.29 is 0 Å². The van der Waals surface area contributed by atoms with Gasteiger partial charge in [-0.1, -0.05) is 20.3 Å². The standard InChI is InChI=1S/C14H27N5/c1-4-8-15-13-7-6-11(5-2)9-12(13)10-14-16-18-19(3)17-14/h11-13,15H,4-10H2,1-3H3. The van der Waals surface area contributed by atoms with Crippen molar-refractivity contribution in [3.8, 4) is 0 Å². The van der Waals surface area contributed by atoms with Gasteiger partial charge in [0, 0.05) is 12.5 Å². The van der Waals surface area contributed by atoms with Crippen LogP contribution in [0.4, 0.5) is 0 Å². The molecular weight excluding hydrogens is 238 g/mol. The maximum atomic E-state index is 4.34. The lowest BCUT2D eigenvalue weighted by molar-refractivity contribution is 0.196. The molecule has 1 fully saturated rings. The van der Waals surface area contributed by atoms with Gasteiger partial charge in [-0.15, -0.1) is 10.2 Å². The number of aryl methyl sites for hydroxylation is 1. The van der Waals surface area contributed by atoms with Crippen LogP contribution in [0.15, 0.2) is 0 Å². The zero-order valence-electron chi connectivity index (χ0n) is 12.5. The summed E-state index contributed by atoms with van der Waals surface area (Å²) in [6.45, 7) is 5.65. The van der Waals surface area contributed by atoms with E-state index in [1.807, 2.05) is 7.05 Å². The first kappa shape index (κ1) is 14.4. The van der Waals surface area contributed by atoms with Gasteiger partial charge in [0.2, 0.25) is 0 Å². The van der Waals surface area contributed by atoms with Gasteiger partial charge in [0.25, 0.3) is 0 Å². The minimum atomic E-state index is 0.631. The fraction of sp³-hybridized carbons (Fsp3) is 0.929. The maximum absolute atomic E-state index is 4.34. The molecule has 3 atom stereocenters. The third-order valence-corrected chi connectivity index (χ3v) is 4.32. The third-order valence-electron chi connectivity index (χ3n) is 4.32. The van der Waals surface area contributed by atoms with Gasteiger partial charge >= 0.3 is 0 Å². The average Bonchev–Trinajstić information content (AvgIpc) is 2.82. The number of aromatic nitrogens is 4. The molecule has 0 aliphatic heterocycles. The normalized spacial score (nSPS) is 27.6. The summed E-state index contributed by atoms with van der Waals surface area (Å²) in [5.41, 5.74) is 0. The fourth-order valence-electron chi connectivity index (χ4n) is 3.20. The van der Waals surface area contributed by atoms with Gasteiger partial charge in [-0.2, -0.15) is 4.80 Å². The molecule has 1 saturated carbocycles. The summed E-state index contributed by atoms with van der Waals surface area (Å²) in [5.74, 6) is 2.43. The van der Waals surface area contributed by atoms with Gasteiger partial charge in [-0.25, -0.2) is 0 Å². The van der Waals surface area contributed by atoms with E-state index in [4.69, 9.17) is 0 Å². The zero-order valence-corrected chi connectivity index (χ0v) is 12.5. The molecule has 108 valence electrons. The minimum Gasteiger partial charge on any atom is -0.314 e. The van der Waals surface area contributed by atoms with Gasteiger partial charge in [0.05, 0.1) is 7.05 Å². The molecule has 1 aromatic heterocycles. The molecule has 5 nitrogen and oxygen atoms in total. The molecule has 3 unspecified atom stereocenters. The summed E-state index contributed by atoms with van der Waals surface area (Å²) >= 11 is 0. The van der Waals surface area contributed by atoms with Gasteiger partial charge in [0.15, 0.2) is 5.82 Å². The number of nitrogens with one attached hydrogen (secondary N) is 1. The molecule has 0 radical (unpaired) electrons. The van der Waals surface area contributed by atoms with Crippen LogP contribution >= 0.6 is 0 Å². The zero-order chi connectivity index (χ0) is 13.7. The molecule has 0 saturated heterocycles. The first-order valence-corrected chi connectivity index (χ1v) is 7.69. The Morgan fingerprint density at radius 2 is 2.16 bits per heavy atom. The molecule has 1 heterocycles. The number of rotatable bonds is 6. The van der Waals surface area contributed by atoms with Crippen LogP contribution in [-0.2, 0) is 13.5 Å². The summed E-state index contributed by atoms with van der Waals surface area (Å²) in [7, 11) is 1.83. The smallest absolute Gasteiger partial charge is 0.175 e. The summed E-state index contributed by atoms with van der Waals surface area (Å²) in [4.78, 5) is 1.56. The molecule has 0 aromatic carbocycles. The van der Waals surface area contributed by atoms with E-state index in [2.05, 4.69) is 34.6 Å². The quantitative estimate of drug-likeness (QED) is 0.854. The first-order valence-electron chi connectivity index (χ1n) is 7.69. The van der Waals surface area contributed by atoms with Crippen molar-refractivity contribution in [2.45, 2.75) is 58.4 Å². The SMILES string of the molecule is CCCNC1CCC(CC)CC1Cc1nnn(C)n1. The van der Waals surface area contributed by atoms with E-state index < -0.39 is 0 Å². The number of nitrogens with zero attached hydrogens (tertiary/aromatic N) is 4. The molecular formula is C14H27N5. The molecule has 2 rings (SSSR count). The largest absolute Gasteiger partial charge is 0.314 e. The highest BCUT2D eigenvalue weighted by molar-refractivity contribution is 4.91. The van der Waals surface area contributed by atoms with Gasteiger partial charge in [-0.05, 0) is 49.3 Å². The van der Waals surface area contributed by atoms with E-state index in [1.165, 1.54) is 32.1 Å². The highest BCUT2D eigenvalue weighted by Crippen LogP contribution is 2.32. The Kier molecular flexibility index (Phi) is 5.31. The van der Waals surface area contributed by atoms with E-state index >= 15 is 0 Å². The second-order valence-electron chi connectivity index (χ2n) is 5.81. The Labute approximate surface area is 116 Å². The van der Waals surface area contributed by atoms with E-state index in [1.54, 1.807) is 4.80 Å². The van der Waals surface area contributed by atoms with Crippen molar-refractivity contribution in [1.29, 1.82) is 0 Å². The molecule has 0 spiro atoms. The Balaban J connectivity index is 1.97. The van der Waals surface area contributed by atoms with E-state index in [0.29, 0.717) is 12.0 Å². The van der Waals surface area contributed by atoms with Crippen LogP contribution in [0.1, 0.15) is 51.8 Å². The Hall–Kier alpha value is -0.970. The predicted octanol–water partition coefficient (Wildman–Crippen LogP) is 1.95. The van der Waals surface area contributed by atoms with Crippen molar-refractivity contribution in [3.63, 3.8) is 0 Å². The topological polar surface area (TPSA) is 55.6 Å². The molecule has 19 heavy (non-hydrogen) atoms. The maximum Gasteiger partial charge on any atom is 0.175 e. The van der Waals surface area contributed by atoms with Crippen LogP contribution in [0.2, 0.25) is 0 Å². The van der Waals surface area contributed by atoms with Crippen LogP contribution in [-0.4, -0.2) is 32.8 Å². The van der Waals surface area contributed by atoms with E-state index in [-0.39, 0.29) is 0 Å². The lowest BCUT2D eigenvalue weighted by Gasteiger charge is -2.36. The van der Waals surface area contributed by atoms with Crippen molar-refractivity contribution >= 4 is 0 Å². The third kappa shape index (κ3) is 4.00. The summed E-state index contributed by atoms with van der Waals surface area (Å²) < 4.78 is 0. The molecule has 5 heteroatoms. The fourth-order valence-corrected chi connectivity index (χ4v) is 3.20. The van der Waals surface area contributed by atoms with Gasteiger partial charge in [-0.3, -0.25) is 0 Å². The van der Waals surface area contributed by atoms with Gasteiger partial charge < -0.3 is 5.32 Å². The highest BCUT2D eigenvalue weighted by atomic mass is 15.6. The van der Waals surface area contributed by atoms with Gasteiger partial charge in [0.1, 0.15) is 0 Å². The van der Waals surface area contributed by atoms with Crippen molar-refractivity contribution in [2.24, 2.45) is 18.9 Å². The van der Waals surface area contributed by atoms with Crippen molar-refractivity contribution in [3.05, 3.63) is 5.82 Å². The molecule has 1 aliphatic rings. The summed E-state index contributed by atoms with van der Waals surface area (Å²) in [6, 6.07) is 0.631. The second kappa shape index (κ2) is 6.98. The molecule has 1 aliphatic carbocycles. The molecule has 0 amide bonds. The molecule has 1 N–H and O–H groups in total. The number of tetrazole rings is 1. The van der Waals surface area contributed by atoms with Crippen LogP contribution in [0.25, 0.3) is 0 Å². The van der Waals surface area contributed by atoms with E-state index in [9.17, 15) is 0 Å². The average molecular weight is 265 g/mol. The minimum absolute atomic E-state index is 0.631. The Morgan fingerprint density at radius 3 is 2.79 bits per heavy atom. The first-order chi connectivity index (χ1) is 9.22. The lowest BCUT2D eigenvalue weighted by atomic mass is 9.75. The Bertz CT molecular complexity index is 376.